The number of aromatic nitrogens is 2. The average Bonchev–Trinajstić information content (AvgIpc) is 2.66. The molecule has 0 aliphatic heterocycles. The van der Waals surface area contributed by atoms with Gasteiger partial charge in [-0.2, -0.15) is 0 Å². The molecule has 20 heavy (non-hydrogen) atoms. The molecule has 0 saturated carbocycles. The molecule has 1 aromatic heterocycles. The van der Waals surface area contributed by atoms with E-state index in [1.807, 2.05) is 18.5 Å². The number of hydrogen-bond acceptors (Lipinski definition) is 4. The van der Waals surface area contributed by atoms with Crippen molar-refractivity contribution in [3.8, 4) is 0 Å². The van der Waals surface area contributed by atoms with E-state index in [9.17, 15) is 8.42 Å². The average molecular weight is 295 g/mol. The van der Waals surface area contributed by atoms with Crippen molar-refractivity contribution >= 4 is 20.9 Å². The van der Waals surface area contributed by atoms with Gasteiger partial charge in [-0.1, -0.05) is 13.3 Å². The minimum Gasteiger partial charge on any atom is -0.330 e. The van der Waals surface area contributed by atoms with Gasteiger partial charge in [0.05, 0.1) is 21.5 Å². The van der Waals surface area contributed by atoms with Crippen LogP contribution in [0, 0.1) is 0 Å². The summed E-state index contributed by atoms with van der Waals surface area (Å²) in [4.78, 5) is 4.83. The first-order valence-corrected chi connectivity index (χ1v) is 8.52. The van der Waals surface area contributed by atoms with Crippen LogP contribution in [0.5, 0.6) is 0 Å². The molecule has 1 heterocycles. The Morgan fingerprint density at radius 3 is 2.60 bits per heavy atom. The standard InChI is InChI=1S/C14H21N3O2S/c1-5-8-14(2,15)13-16-11-9-10(20(4,18)19)6-7-12(11)17(13)3/h6-7,9H,5,8,15H2,1-4H3. The third-order valence-corrected chi connectivity index (χ3v) is 4.67. The number of nitrogens with zero attached hydrogens (tertiary/aromatic N) is 2. The quantitative estimate of drug-likeness (QED) is 0.935. The maximum absolute atomic E-state index is 11.6. The van der Waals surface area contributed by atoms with E-state index in [0.717, 1.165) is 24.2 Å². The van der Waals surface area contributed by atoms with E-state index in [1.54, 1.807) is 18.2 Å². The van der Waals surface area contributed by atoms with E-state index in [-0.39, 0.29) is 4.90 Å². The second-order valence-corrected chi connectivity index (χ2v) is 7.60. The van der Waals surface area contributed by atoms with Crippen LogP contribution in [0.4, 0.5) is 0 Å². The molecule has 2 aromatic rings. The summed E-state index contributed by atoms with van der Waals surface area (Å²) in [5.41, 5.74) is 7.37. The van der Waals surface area contributed by atoms with Gasteiger partial charge in [0, 0.05) is 13.3 Å². The first kappa shape index (κ1) is 15.0. The van der Waals surface area contributed by atoms with Crippen molar-refractivity contribution in [3.05, 3.63) is 24.0 Å². The van der Waals surface area contributed by atoms with Crippen LogP contribution >= 0.6 is 0 Å². The number of imidazole rings is 1. The molecule has 110 valence electrons. The third-order valence-electron chi connectivity index (χ3n) is 3.56. The molecule has 0 spiro atoms. The smallest absolute Gasteiger partial charge is 0.175 e. The second kappa shape index (κ2) is 4.86. The minimum absolute atomic E-state index is 0.281. The summed E-state index contributed by atoms with van der Waals surface area (Å²) in [7, 11) is -1.32. The Morgan fingerprint density at radius 2 is 2.05 bits per heavy atom. The van der Waals surface area contributed by atoms with Crippen molar-refractivity contribution in [1.29, 1.82) is 0 Å². The highest BCUT2D eigenvalue weighted by atomic mass is 32.2. The van der Waals surface area contributed by atoms with Gasteiger partial charge in [0.2, 0.25) is 0 Å². The topological polar surface area (TPSA) is 78.0 Å². The predicted octanol–water partition coefficient (Wildman–Crippen LogP) is 1.95. The van der Waals surface area contributed by atoms with Crippen molar-refractivity contribution in [3.63, 3.8) is 0 Å². The molecule has 0 fully saturated rings. The Morgan fingerprint density at radius 1 is 1.40 bits per heavy atom. The number of hydrogen-bond donors (Lipinski definition) is 1. The normalized spacial score (nSPS) is 15.4. The van der Waals surface area contributed by atoms with Gasteiger partial charge < -0.3 is 10.3 Å². The second-order valence-electron chi connectivity index (χ2n) is 5.58. The van der Waals surface area contributed by atoms with Crippen LogP contribution in [0.1, 0.15) is 32.5 Å². The summed E-state index contributed by atoms with van der Waals surface area (Å²) in [6.45, 7) is 4.03. The van der Waals surface area contributed by atoms with Crippen molar-refractivity contribution in [1.82, 2.24) is 9.55 Å². The van der Waals surface area contributed by atoms with Gasteiger partial charge in [0.25, 0.3) is 0 Å². The van der Waals surface area contributed by atoms with Gasteiger partial charge in [0.1, 0.15) is 5.82 Å². The molecule has 6 heteroatoms. The summed E-state index contributed by atoms with van der Waals surface area (Å²) in [6.07, 6.45) is 2.98. The highest BCUT2D eigenvalue weighted by Crippen LogP contribution is 2.27. The van der Waals surface area contributed by atoms with Crippen LogP contribution in [0.25, 0.3) is 11.0 Å². The van der Waals surface area contributed by atoms with E-state index in [4.69, 9.17) is 5.73 Å². The Balaban J connectivity index is 2.64. The highest BCUT2D eigenvalue weighted by Gasteiger charge is 2.26. The molecule has 2 N–H and O–H groups in total. The Hall–Kier alpha value is -1.40. The van der Waals surface area contributed by atoms with Crippen molar-refractivity contribution in [2.75, 3.05) is 6.26 Å². The SMILES string of the molecule is CCCC(C)(N)c1nc2cc(S(C)(=O)=O)ccc2n1C. The molecule has 0 saturated heterocycles. The molecule has 0 aliphatic rings. The first-order valence-electron chi connectivity index (χ1n) is 6.62. The van der Waals surface area contributed by atoms with E-state index in [1.165, 1.54) is 6.26 Å². The van der Waals surface area contributed by atoms with Gasteiger partial charge in [0.15, 0.2) is 9.84 Å². The predicted molar refractivity (Wildman–Crippen MR) is 80.3 cm³/mol. The monoisotopic (exact) mass is 295 g/mol. The largest absolute Gasteiger partial charge is 0.330 e. The fourth-order valence-corrected chi connectivity index (χ4v) is 3.19. The van der Waals surface area contributed by atoms with Crippen LogP contribution in [-0.4, -0.2) is 24.2 Å². The molecule has 2 rings (SSSR count). The third kappa shape index (κ3) is 2.58. The molecular formula is C14H21N3O2S. The van der Waals surface area contributed by atoms with Crippen LogP contribution in [-0.2, 0) is 22.4 Å². The molecule has 1 aromatic carbocycles. The van der Waals surface area contributed by atoms with Gasteiger partial charge in [-0.05, 0) is 31.5 Å². The van der Waals surface area contributed by atoms with Crippen molar-refractivity contribution < 1.29 is 8.42 Å². The van der Waals surface area contributed by atoms with E-state index >= 15 is 0 Å². The van der Waals surface area contributed by atoms with Crippen molar-refractivity contribution in [2.45, 2.75) is 37.1 Å². The van der Waals surface area contributed by atoms with Gasteiger partial charge >= 0.3 is 0 Å². The maximum Gasteiger partial charge on any atom is 0.175 e. The Kier molecular flexibility index (Phi) is 3.64. The van der Waals surface area contributed by atoms with Gasteiger partial charge in [-0.25, -0.2) is 13.4 Å². The zero-order valence-electron chi connectivity index (χ0n) is 12.3. The molecule has 0 amide bonds. The molecule has 0 bridgehead atoms. The van der Waals surface area contributed by atoms with Gasteiger partial charge in [-0.15, -0.1) is 0 Å². The lowest BCUT2D eigenvalue weighted by atomic mass is 9.97. The fourth-order valence-electron chi connectivity index (χ4n) is 2.55. The number of rotatable bonds is 4. The zero-order chi connectivity index (χ0) is 15.1. The molecule has 1 unspecified atom stereocenters. The number of fused-ring (bicyclic) bond motifs is 1. The van der Waals surface area contributed by atoms with E-state index in [2.05, 4.69) is 11.9 Å². The first-order chi connectivity index (χ1) is 9.16. The van der Waals surface area contributed by atoms with Crippen LogP contribution in [0.3, 0.4) is 0 Å². The number of sulfone groups is 1. The fraction of sp³-hybridized carbons (Fsp3) is 0.500. The molecule has 0 aliphatic carbocycles. The zero-order valence-corrected chi connectivity index (χ0v) is 13.2. The van der Waals surface area contributed by atoms with E-state index in [0.29, 0.717) is 5.52 Å². The maximum atomic E-state index is 11.6. The van der Waals surface area contributed by atoms with Crippen molar-refractivity contribution in [2.24, 2.45) is 12.8 Å². The molecule has 0 radical (unpaired) electrons. The number of benzene rings is 1. The van der Waals surface area contributed by atoms with Crippen LogP contribution in [0.2, 0.25) is 0 Å². The number of aryl methyl sites for hydroxylation is 1. The van der Waals surface area contributed by atoms with E-state index < -0.39 is 15.4 Å². The summed E-state index contributed by atoms with van der Waals surface area (Å²) in [6, 6.07) is 5.00. The van der Waals surface area contributed by atoms with Gasteiger partial charge in [-0.3, -0.25) is 0 Å². The summed E-state index contributed by atoms with van der Waals surface area (Å²) in [5, 5.41) is 0. The lowest BCUT2D eigenvalue weighted by Gasteiger charge is -2.23. The Labute approximate surface area is 119 Å². The summed E-state index contributed by atoms with van der Waals surface area (Å²) < 4.78 is 25.2. The lowest BCUT2D eigenvalue weighted by molar-refractivity contribution is 0.410. The Bertz CT molecular complexity index is 745. The van der Waals surface area contributed by atoms with Crippen LogP contribution in [0.15, 0.2) is 23.1 Å². The molecule has 5 nitrogen and oxygen atoms in total. The summed E-state index contributed by atoms with van der Waals surface area (Å²) >= 11 is 0. The van der Waals surface area contributed by atoms with Crippen LogP contribution < -0.4 is 5.73 Å². The summed E-state index contributed by atoms with van der Waals surface area (Å²) in [5.74, 6) is 0.778. The minimum atomic E-state index is -3.22. The molecule has 1 atom stereocenters. The highest BCUT2D eigenvalue weighted by molar-refractivity contribution is 7.90. The lowest BCUT2D eigenvalue weighted by Crippen LogP contribution is -2.35. The number of nitrogens with two attached hydrogens (primary N) is 1. The molecular weight excluding hydrogens is 274 g/mol.